The fourth-order valence-electron chi connectivity index (χ4n) is 3.56. The first-order valence-corrected chi connectivity index (χ1v) is 9.53. The molecule has 2 atom stereocenters. The molecule has 2 aliphatic rings. The standard InChI is InChI=1S/C20H28N2O5/c1-15(23)16-2-4-18(5-3-16)27-14-20(24)21-12-19(17-6-9-26-13-17)22-7-10-25-11-8-22/h2-5,17,19H,6-14H2,1H3,(H,21,24). The molecule has 27 heavy (non-hydrogen) atoms. The van der Waals surface area contributed by atoms with Crippen LogP contribution in [0.15, 0.2) is 24.3 Å². The summed E-state index contributed by atoms with van der Waals surface area (Å²) in [5.41, 5.74) is 0.624. The predicted octanol–water partition coefficient (Wildman–Crippen LogP) is 1.12. The molecular weight excluding hydrogens is 348 g/mol. The van der Waals surface area contributed by atoms with Crippen molar-refractivity contribution < 1.29 is 23.8 Å². The lowest BCUT2D eigenvalue weighted by atomic mass is 9.97. The van der Waals surface area contributed by atoms with Crippen LogP contribution in [0.3, 0.4) is 0 Å². The molecule has 1 aromatic rings. The van der Waals surface area contributed by atoms with Crippen LogP contribution in [-0.2, 0) is 14.3 Å². The number of amides is 1. The molecule has 2 unspecified atom stereocenters. The third-order valence-corrected chi connectivity index (χ3v) is 5.16. The summed E-state index contributed by atoms with van der Waals surface area (Å²) in [6.45, 7) is 6.83. The third kappa shape index (κ3) is 5.76. The fraction of sp³-hybridized carbons (Fsp3) is 0.600. The number of ether oxygens (including phenoxy) is 3. The first kappa shape index (κ1) is 19.8. The lowest BCUT2D eigenvalue weighted by Crippen LogP contribution is -2.52. The van der Waals surface area contributed by atoms with Crippen molar-refractivity contribution >= 4 is 11.7 Å². The zero-order valence-corrected chi connectivity index (χ0v) is 15.8. The quantitative estimate of drug-likeness (QED) is 0.685. The lowest BCUT2D eigenvalue weighted by Gasteiger charge is -2.37. The normalized spacial score (nSPS) is 21.6. The molecule has 7 nitrogen and oxygen atoms in total. The highest BCUT2D eigenvalue weighted by Gasteiger charge is 2.31. The topological polar surface area (TPSA) is 77.1 Å². The number of benzene rings is 1. The summed E-state index contributed by atoms with van der Waals surface area (Å²) >= 11 is 0. The Morgan fingerprint density at radius 3 is 2.56 bits per heavy atom. The maximum absolute atomic E-state index is 12.2. The minimum absolute atomic E-state index is 0.00402. The number of nitrogens with one attached hydrogen (secondary N) is 1. The minimum atomic E-state index is -0.150. The summed E-state index contributed by atoms with van der Waals surface area (Å²) in [4.78, 5) is 25.9. The summed E-state index contributed by atoms with van der Waals surface area (Å²) in [6, 6.07) is 7.07. The second-order valence-corrected chi connectivity index (χ2v) is 7.01. The highest BCUT2D eigenvalue weighted by atomic mass is 16.5. The van der Waals surface area contributed by atoms with Gasteiger partial charge in [-0.25, -0.2) is 0 Å². The van der Waals surface area contributed by atoms with Crippen molar-refractivity contribution in [2.24, 2.45) is 5.92 Å². The van der Waals surface area contributed by atoms with Gasteiger partial charge in [0.2, 0.25) is 0 Å². The molecule has 0 aromatic heterocycles. The Balaban J connectivity index is 1.47. The van der Waals surface area contributed by atoms with E-state index in [1.807, 2.05) is 0 Å². The summed E-state index contributed by atoms with van der Waals surface area (Å²) in [5, 5.41) is 3.00. The van der Waals surface area contributed by atoms with Gasteiger partial charge in [-0.1, -0.05) is 0 Å². The second-order valence-electron chi connectivity index (χ2n) is 7.01. The molecule has 0 spiro atoms. The van der Waals surface area contributed by atoms with Gasteiger partial charge in [-0.05, 0) is 37.6 Å². The van der Waals surface area contributed by atoms with E-state index in [1.54, 1.807) is 24.3 Å². The number of hydrogen-bond donors (Lipinski definition) is 1. The van der Waals surface area contributed by atoms with Crippen LogP contribution in [0, 0.1) is 5.92 Å². The van der Waals surface area contributed by atoms with E-state index in [1.165, 1.54) is 6.92 Å². The van der Waals surface area contributed by atoms with E-state index < -0.39 is 0 Å². The molecule has 3 rings (SSSR count). The number of nitrogens with zero attached hydrogens (tertiary/aromatic N) is 1. The van der Waals surface area contributed by atoms with Crippen LogP contribution in [-0.4, -0.2) is 75.3 Å². The molecule has 1 amide bonds. The lowest BCUT2D eigenvalue weighted by molar-refractivity contribution is -0.123. The molecule has 1 aromatic carbocycles. The average molecular weight is 376 g/mol. The Labute approximate surface area is 160 Å². The Morgan fingerprint density at radius 2 is 1.93 bits per heavy atom. The van der Waals surface area contributed by atoms with Crippen molar-refractivity contribution in [3.8, 4) is 5.75 Å². The van der Waals surface area contributed by atoms with E-state index in [2.05, 4.69) is 10.2 Å². The predicted molar refractivity (Wildman–Crippen MR) is 100 cm³/mol. The Kier molecular flexibility index (Phi) is 7.20. The van der Waals surface area contributed by atoms with Gasteiger partial charge in [0.1, 0.15) is 5.75 Å². The smallest absolute Gasteiger partial charge is 0.257 e. The van der Waals surface area contributed by atoms with Crippen LogP contribution in [0.2, 0.25) is 0 Å². The molecule has 2 fully saturated rings. The number of rotatable bonds is 8. The summed E-state index contributed by atoms with van der Waals surface area (Å²) in [6.07, 6.45) is 1.02. The number of carbonyl (C=O) groups excluding carboxylic acids is 2. The minimum Gasteiger partial charge on any atom is -0.484 e. The number of hydrogen-bond acceptors (Lipinski definition) is 6. The van der Waals surface area contributed by atoms with E-state index >= 15 is 0 Å². The van der Waals surface area contributed by atoms with E-state index in [-0.39, 0.29) is 24.3 Å². The first-order valence-electron chi connectivity index (χ1n) is 9.53. The summed E-state index contributed by atoms with van der Waals surface area (Å²) in [5.74, 6) is 0.861. The molecule has 0 aliphatic carbocycles. The molecule has 2 aliphatic heterocycles. The average Bonchev–Trinajstić information content (AvgIpc) is 3.22. The van der Waals surface area contributed by atoms with Crippen LogP contribution in [0.1, 0.15) is 23.7 Å². The van der Waals surface area contributed by atoms with Crippen molar-refractivity contribution in [3.63, 3.8) is 0 Å². The van der Waals surface area contributed by atoms with E-state index in [0.29, 0.717) is 23.8 Å². The van der Waals surface area contributed by atoms with Gasteiger partial charge in [0.25, 0.3) is 5.91 Å². The molecule has 2 saturated heterocycles. The van der Waals surface area contributed by atoms with Crippen LogP contribution >= 0.6 is 0 Å². The van der Waals surface area contributed by atoms with Crippen LogP contribution in [0.4, 0.5) is 0 Å². The molecule has 1 N–H and O–H groups in total. The molecule has 0 radical (unpaired) electrons. The maximum atomic E-state index is 12.2. The summed E-state index contributed by atoms with van der Waals surface area (Å²) < 4.78 is 16.5. The van der Waals surface area contributed by atoms with Gasteiger partial charge in [0.05, 0.1) is 19.8 Å². The fourth-order valence-corrected chi connectivity index (χ4v) is 3.56. The monoisotopic (exact) mass is 376 g/mol. The number of carbonyl (C=O) groups is 2. The molecule has 0 bridgehead atoms. The number of morpholine rings is 1. The van der Waals surface area contributed by atoms with Gasteiger partial charge < -0.3 is 19.5 Å². The summed E-state index contributed by atoms with van der Waals surface area (Å²) in [7, 11) is 0. The molecular formula is C20H28N2O5. The Bertz CT molecular complexity index is 622. The van der Waals surface area contributed by atoms with E-state index in [4.69, 9.17) is 14.2 Å². The van der Waals surface area contributed by atoms with Crippen LogP contribution in [0.25, 0.3) is 0 Å². The van der Waals surface area contributed by atoms with Gasteiger partial charge in [-0.3, -0.25) is 14.5 Å². The maximum Gasteiger partial charge on any atom is 0.257 e. The zero-order chi connectivity index (χ0) is 19.1. The van der Waals surface area contributed by atoms with Gasteiger partial charge in [0.15, 0.2) is 12.4 Å². The number of Topliss-reactive ketones (excluding diaryl/α,β-unsaturated/α-hetero) is 1. The largest absolute Gasteiger partial charge is 0.484 e. The van der Waals surface area contributed by atoms with Gasteiger partial charge in [0, 0.05) is 43.8 Å². The van der Waals surface area contributed by atoms with Crippen molar-refractivity contribution in [2.75, 3.05) is 52.7 Å². The first-order chi connectivity index (χ1) is 13.1. The highest BCUT2D eigenvalue weighted by molar-refractivity contribution is 5.94. The number of ketones is 1. The SMILES string of the molecule is CC(=O)c1ccc(OCC(=O)NCC(C2CCOC2)N2CCOCC2)cc1. The van der Waals surface area contributed by atoms with Crippen molar-refractivity contribution in [3.05, 3.63) is 29.8 Å². The van der Waals surface area contributed by atoms with Gasteiger partial charge in [-0.15, -0.1) is 0 Å². The van der Waals surface area contributed by atoms with Crippen LogP contribution in [0.5, 0.6) is 5.75 Å². The molecule has 2 heterocycles. The molecule has 0 saturated carbocycles. The van der Waals surface area contributed by atoms with E-state index in [9.17, 15) is 9.59 Å². The third-order valence-electron chi connectivity index (χ3n) is 5.16. The Morgan fingerprint density at radius 1 is 1.19 bits per heavy atom. The van der Waals surface area contributed by atoms with Gasteiger partial charge in [-0.2, -0.15) is 0 Å². The zero-order valence-electron chi connectivity index (χ0n) is 15.8. The second kappa shape index (κ2) is 9.82. The van der Waals surface area contributed by atoms with Crippen molar-refractivity contribution in [2.45, 2.75) is 19.4 Å². The van der Waals surface area contributed by atoms with Crippen LogP contribution < -0.4 is 10.1 Å². The van der Waals surface area contributed by atoms with Crippen molar-refractivity contribution in [1.29, 1.82) is 0 Å². The molecule has 7 heteroatoms. The van der Waals surface area contributed by atoms with Crippen molar-refractivity contribution in [1.82, 2.24) is 10.2 Å². The van der Waals surface area contributed by atoms with E-state index in [0.717, 1.165) is 45.9 Å². The highest BCUT2D eigenvalue weighted by Crippen LogP contribution is 2.22. The van der Waals surface area contributed by atoms with Gasteiger partial charge >= 0.3 is 0 Å². The Hall–Kier alpha value is -1.96. The molecule has 148 valence electrons.